The van der Waals surface area contributed by atoms with Crippen molar-refractivity contribution in [3.8, 4) is 0 Å². The van der Waals surface area contributed by atoms with E-state index in [0.717, 1.165) is 6.54 Å². The summed E-state index contributed by atoms with van der Waals surface area (Å²) >= 11 is 8.90. The molecule has 0 aromatic carbocycles. The minimum absolute atomic E-state index is 0.570. The Bertz CT molecular complexity index is 310. The fourth-order valence-electron chi connectivity index (χ4n) is 1.04. The van der Waals surface area contributed by atoms with Crippen molar-refractivity contribution in [2.45, 2.75) is 33.7 Å². The highest BCUT2D eigenvalue weighted by atomic mass is 32.9. The number of thiol groups is 1. The zero-order valence-corrected chi connectivity index (χ0v) is 13.2. The standard InChI is InChI=1S/C6H10N2.C4H11O2PS2/c1-2-4-8-5-3-7-6-8;1-3-5-7(8,9)6-4-2/h3,5-6H,2,4H2,1H3;3-4H2,1-2H3,(H,8,9). The predicted octanol–water partition coefficient (Wildman–Crippen LogP) is 3.51. The summed E-state index contributed by atoms with van der Waals surface area (Å²) in [7, 11) is 0. The first-order valence-electron chi connectivity index (χ1n) is 5.63. The molecule has 1 heterocycles. The van der Waals surface area contributed by atoms with Crippen LogP contribution in [0.5, 0.6) is 0 Å². The number of hydrogen-bond donors (Lipinski definition) is 1. The summed E-state index contributed by atoms with van der Waals surface area (Å²) in [5.74, 6) is 0. The van der Waals surface area contributed by atoms with Gasteiger partial charge in [0.15, 0.2) is 0 Å². The molecule has 0 aliphatic heterocycles. The Balaban J connectivity index is 0.000000302. The Morgan fingerprint density at radius 3 is 2.24 bits per heavy atom. The van der Waals surface area contributed by atoms with Crippen LogP contribution in [0.1, 0.15) is 27.2 Å². The highest BCUT2D eigenvalue weighted by Crippen LogP contribution is 2.52. The monoisotopic (exact) mass is 296 g/mol. The van der Waals surface area contributed by atoms with E-state index in [1.165, 1.54) is 6.42 Å². The van der Waals surface area contributed by atoms with Crippen molar-refractivity contribution in [1.29, 1.82) is 0 Å². The molecule has 17 heavy (non-hydrogen) atoms. The van der Waals surface area contributed by atoms with Gasteiger partial charge in [-0.05, 0) is 32.1 Å². The van der Waals surface area contributed by atoms with Crippen molar-refractivity contribution in [2.75, 3.05) is 13.2 Å². The quantitative estimate of drug-likeness (QED) is 0.644. The summed E-state index contributed by atoms with van der Waals surface area (Å²) in [6, 6.07) is 0. The number of aryl methyl sites for hydroxylation is 1. The lowest BCUT2D eigenvalue weighted by molar-refractivity contribution is 0.281. The Morgan fingerprint density at radius 1 is 1.29 bits per heavy atom. The minimum Gasteiger partial charge on any atom is -0.338 e. The van der Waals surface area contributed by atoms with Crippen molar-refractivity contribution in [3.05, 3.63) is 18.7 Å². The van der Waals surface area contributed by atoms with Crippen LogP contribution in [0.3, 0.4) is 0 Å². The second-order valence-electron chi connectivity index (χ2n) is 3.10. The van der Waals surface area contributed by atoms with Gasteiger partial charge < -0.3 is 13.6 Å². The van der Waals surface area contributed by atoms with Gasteiger partial charge in [0.25, 0.3) is 0 Å². The summed E-state index contributed by atoms with van der Waals surface area (Å²) < 4.78 is 12.1. The molecule has 0 bridgehead atoms. The molecule has 1 aromatic heterocycles. The van der Waals surface area contributed by atoms with E-state index in [0.29, 0.717) is 13.2 Å². The van der Waals surface area contributed by atoms with Crippen molar-refractivity contribution in [3.63, 3.8) is 0 Å². The van der Waals surface area contributed by atoms with E-state index < -0.39 is 5.69 Å². The molecule has 0 unspecified atom stereocenters. The van der Waals surface area contributed by atoms with E-state index in [2.05, 4.69) is 28.7 Å². The molecule has 7 heteroatoms. The third-order valence-electron chi connectivity index (χ3n) is 1.63. The Morgan fingerprint density at radius 2 is 1.88 bits per heavy atom. The molecular formula is C10H21N2O2PS2. The fraction of sp³-hybridized carbons (Fsp3) is 0.700. The Labute approximate surface area is 114 Å². The van der Waals surface area contributed by atoms with Crippen molar-refractivity contribution >= 4 is 29.7 Å². The van der Waals surface area contributed by atoms with Gasteiger partial charge in [-0.2, -0.15) is 0 Å². The smallest absolute Gasteiger partial charge is 0.244 e. The molecule has 0 N–H and O–H groups in total. The summed E-state index contributed by atoms with van der Waals surface area (Å²) in [5.41, 5.74) is -2.16. The van der Waals surface area contributed by atoms with Gasteiger partial charge in [-0.15, -0.1) is 0 Å². The SMILES string of the molecule is CCCn1ccnc1.CCOP(=S)(S)OCC. The van der Waals surface area contributed by atoms with Gasteiger partial charge in [0.2, 0.25) is 5.69 Å². The number of imidazole rings is 1. The third kappa shape index (κ3) is 9.80. The van der Waals surface area contributed by atoms with E-state index in [-0.39, 0.29) is 0 Å². The summed E-state index contributed by atoms with van der Waals surface area (Å²) in [5, 5.41) is 0. The van der Waals surface area contributed by atoms with E-state index >= 15 is 0 Å². The molecule has 0 saturated heterocycles. The summed E-state index contributed by atoms with van der Waals surface area (Å²) in [4.78, 5) is 3.90. The lowest BCUT2D eigenvalue weighted by Crippen LogP contribution is -1.90. The highest BCUT2D eigenvalue weighted by molar-refractivity contribution is 8.60. The van der Waals surface area contributed by atoms with Crippen LogP contribution in [0, 0.1) is 0 Å². The van der Waals surface area contributed by atoms with Crippen LogP contribution in [-0.4, -0.2) is 22.8 Å². The zero-order chi connectivity index (χ0) is 13.1. The Hall–Kier alpha value is 0.130. The van der Waals surface area contributed by atoms with E-state index in [1.54, 1.807) is 6.20 Å². The van der Waals surface area contributed by atoms with Crippen molar-refractivity contribution in [2.24, 2.45) is 0 Å². The van der Waals surface area contributed by atoms with Gasteiger partial charge in [-0.1, -0.05) is 19.2 Å². The average molecular weight is 296 g/mol. The average Bonchev–Trinajstić information content (AvgIpc) is 2.71. The molecular weight excluding hydrogens is 275 g/mol. The fourth-order valence-corrected chi connectivity index (χ4v) is 3.09. The third-order valence-corrected chi connectivity index (χ3v) is 4.12. The van der Waals surface area contributed by atoms with Crippen LogP contribution in [-0.2, 0) is 27.4 Å². The van der Waals surface area contributed by atoms with Gasteiger partial charge in [0.05, 0.1) is 19.5 Å². The number of hydrogen-bond acceptors (Lipinski definition) is 4. The van der Waals surface area contributed by atoms with Gasteiger partial charge in [-0.25, -0.2) is 4.98 Å². The van der Waals surface area contributed by atoms with Crippen LogP contribution in [0.15, 0.2) is 18.7 Å². The molecule has 0 atom stereocenters. The zero-order valence-electron chi connectivity index (χ0n) is 10.6. The molecule has 0 saturated carbocycles. The van der Waals surface area contributed by atoms with Gasteiger partial charge in [-0.3, -0.25) is 0 Å². The van der Waals surface area contributed by atoms with Crippen LogP contribution in [0.2, 0.25) is 0 Å². The second-order valence-corrected chi connectivity index (χ2v) is 8.39. The van der Waals surface area contributed by atoms with Crippen LogP contribution >= 0.6 is 17.9 Å². The maximum Gasteiger partial charge on any atom is 0.244 e. The first-order chi connectivity index (χ1) is 8.05. The molecule has 0 fully saturated rings. The molecule has 1 rings (SSSR count). The van der Waals surface area contributed by atoms with Gasteiger partial charge in [0.1, 0.15) is 0 Å². The molecule has 0 aliphatic rings. The second kappa shape index (κ2) is 10.1. The molecule has 0 amide bonds. The molecule has 100 valence electrons. The van der Waals surface area contributed by atoms with E-state index in [1.807, 2.05) is 26.4 Å². The van der Waals surface area contributed by atoms with Crippen LogP contribution in [0.25, 0.3) is 0 Å². The molecule has 0 radical (unpaired) electrons. The molecule has 0 aliphatic carbocycles. The van der Waals surface area contributed by atoms with E-state index in [9.17, 15) is 0 Å². The summed E-state index contributed by atoms with van der Waals surface area (Å²) in [6.07, 6.45) is 6.79. The molecule has 0 spiro atoms. The van der Waals surface area contributed by atoms with Gasteiger partial charge >= 0.3 is 0 Å². The molecule has 1 aromatic rings. The van der Waals surface area contributed by atoms with Crippen LogP contribution < -0.4 is 0 Å². The maximum atomic E-state index is 5.04. The van der Waals surface area contributed by atoms with Crippen LogP contribution in [0.4, 0.5) is 0 Å². The maximum absolute atomic E-state index is 5.04. The number of rotatable bonds is 6. The molecule has 4 nitrogen and oxygen atoms in total. The van der Waals surface area contributed by atoms with Crippen molar-refractivity contribution in [1.82, 2.24) is 9.55 Å². The van der Waals surface area contributed by atoms with Gasteiger partial charge in [0, 0.05) is 18.9 Å². The normalized spacial score (nSPS) is 10.8. The lowest BCUT2D eigenvalue weighted by atomic mass is 10.5. The van der Waals surface area contributed by atoms with E-state index in [4.69, 9.17) is 20.9 Å². The summed E-state index contributed by atoms with van der Waals surface area (Å²) in [6.45, 7) is 8.12. The number of nitrogens with zero attached hydrogens (tertiary/aromatic N) is 2. The first-order valence-corrected chi connectivity index (χ1v) is 9.42. The van der Waals surface area contributed by atoms with Crippen molar-refractivity contribution < 1.29 is 9.05 Å². The lowest BCUT2D eigenvalue weighted by Gasteiger charge is -2.13. The first kappa shape index (κ1) is 17.1. The largest absolute Gasteiger partial charge is 0.338 e. The topological polar surface area (TPSA) is 36.3 Å². The highest BCUT2D eigenvalue weighted by Gasteiger charge is 2.08. The Kier molecular flexibility index (Phi) is 10.2. The minimum atomic E-state index is -2.16. The number of aromatic nitrogens is 2. The predicted molar refractivity (Wildman–Crippen MR) is 79.0 cm³/mol.